The quantitative estimate of drug-likeness (QED) is 0.871. The Balaban J connectivity index is 2.19. The van der Waals surface area contributed by atoms with Gasteiger partial charge in [-0.05, 0) is 18.6 Å². The number of nitrogens with zero attached hydrogens (tertiary/aromatic N) is 3. The summed E-state index contributed by atoms with van der Waals surface area (Å²) in [7, 11) is 1.65. The highest BCUT2D eigenvalue weighted by Crippen LogP contribution is 2.32. The summed E-state index contributed by atoms with van der Waals surface area (Å²) in [5.41, 5.74) is 1.60. The molecule has 1 aliphatic rings. The van der Waals surface area contributed by atoms with Gasteiger partial charge in [0, 0.05) is 13.6 Å². The van der Waals surface area contributed by atoms with Gasteiger partial charge in [-0.3, -0.25) is 14.5 Å². The number of anilines is 2. The van der Waals surface area contributed by atoms with Crippen LogP contribution in [0.5, 0.6) is 0 Å². The Morgan fingerprint density at radius 1 is 1.43 bits per heavy atom. The zero-order valence-electron chi connectivity index (χ0n) is 13.6. The number of amides is 2. The molecule has 2 amide bonds. The highest BCUT2D eigenvalue weighted by Gasteiger charge is 2.33. The summed E-state index contributed by atoms with van der Waals surface area (Å²) in [5, 5.41) is 11.9. The second-order valence-electron chi connectivity index (χ2n) is 5.65. The second kappa shape index (κ2) is 7.63. The lowest BCUT2D eigenvalue weighted by Crippen LogP contribution is -2.51. The summed E-state index contributed by atoms with van der Waals surface area (Å²) in [6.07, 6.45) is 1.89. The molecule has 1 atom stereocenters. The maximum atomic E-state index is 12.7. The van der Waals surface area contributed by atoms with Gasteiger partial charge in [-0.25, -0.2) is 0 Å². The predicted octanol–water partition coefficient (Wildman–Crippen LogP) is 1.99. The number of carbonyl (C=O) groups excluding carboxylic acids is 2. The smallest absolute Gasteiger partial charge is 0.250 e. The van der Waals surface area contributed by atoms with Gasteiger partial charge in [0.15, 0.2) is 0 Å². The van der Waals surface area contributed by atoms with Crippen LogP contribution in [-0.4, -0.2) is 42.9 Å². The van der Waals surface area contributed by atoms with Gasteiger partial charge in [0.1, 0.15) is 12.6 Å². The number of nitrogens with one attached hydrogen (secondary N) is 1. The van der Waals surface area contributed by atoms with Gasteiger partial charge in [0.2, 0.25) is 11.8 Å². The van der Waals surface area contributed by atoms with Gasteiger partial charge in [-0.1, -0.05) is 25.5 Å². The maximum Gasteiger partial charge on any atom is 0.250 e. The van der Waals surface area contributed by atoms with Crippen molar-refractivity contribution in [1.29, 1.82) is 5.26 Å². The monoisotopic (exact) mass is 314 g/mol. The van der Waals surface area contributed by atoms with Crippen molar-refractivity contribution < 1.29 is 9.59 Å². The lowest BCUT2D eigenvalue weighted by atomic mass is 10.0. The molecule has 23 heavy (non-hydrogen) atoms. The van der Waals surface area contributed by atoms with Crippen LogP contribution in [0.4, 0.5) is 11.4 Å². The van der Waals surface area contributed by atoms with E-state index in [1.165, 1.54) is 4.90 Å². The van der Waals surface area contributed by atoms with Crippen LogP contribution in [0.25, 0.3) is 0 Å². The average Bonchev–Trinajstić information content (AvgIpc) is 2.56. The molecule has 1 aliphatic heterocycles. The van der Waals surface area contributed by atoms with Gasteiger partial charge in [0.05, 0.1) is 23.9 Å². The summed E-state index contributed by atoms with van der Waals surface area (Å²) in [4.78, 5) is 28.1. The molecule has 0 fully saturated rings. The fourth-order valence-corrected chi connectivity index (χ4v) is 2.63. The van der Waals surface area contributed by atoms with Gasteiger partial charge in [0.25, 0.3) is 0 Å². The first-order valence-electron chi connectivity index (χ1n) is 7.86. The lowest BCUT2D eigenvalue weighted by Gasteiger charge is -2.35. The third-order valence-corrected chi connectivity index (χ3v) is 3.94. The van der Waals surface area contributed by atoms with Gasteiger partial charge < -0.3 is 10.2 Å². The first kappa shape index (κ1) is 16.8. The Bertz CT molecular complexity index is 623. The standard InChI is InChI=1S/C17H22N4O2/c1-3-7-14-17(23)21(12-16(22)20(2)11-6-10-18)15-9-5-4-8-13(15)19-14/h4-5,8-9,14,19H,3,6-7,11-12H2,1-2H3. The minimum Gasteiger partial charge on any atom is -0.372 e. The molecule has 0 aliphatic carbocycles. The fraction of sp³-hybridized carbons (Fsp3) is 0.471. The Kier molecular flexibility index (Phi) is 5.58. The molecular weight excluding hydrogens is 292 g/mol. The minimum atomic E-state index is -0.299. The number of rotatable bonds is 6. The fourth-order valence-electron chi connectivity index (χ4n) is 2.63. The van der Waals surface area contributed by atoms with Crippen LogP contribution in [-0.2, 0) is 9.59 Å². The number of hydrogen-bond acceptors (Lipinski definition) is 4. The Labute approximate surface area is 136 Å². The number of nitriles is 1. The van der Waals surface area contributed by atoms with E-state index in [0.29, 0.717) is 6.54 Å². The molecule has 122 valence electrons. The number of carbonyl (C=O) groups is 2. The number of benzene rings is 1. The molecular formula is C17H22N4O2. The summed E-state index contributed by atoms with van der Waals surface area (Å²) in [6.45, 7) is 2.40. The largest absolute Gasteiger partial charge is 0.372 e. The summed E-state index contributed by atoms with van der Waals surface area (Å²) in [6, 6.07) is 9.24. The van der Waals surface area contributed by atoms with Crippen molar-refractivity contribution in [2.75, 3.05) is 30.4 Å². The lowest BCUT2D eigenvalue weighted by molar-refractivity contribution is -0.130. The third-order valence-electron chi connectivity index (χ3n) is 3.94. The molecule has 0 saturated heterocycles. The summed E-state index contributed by atoms with van der Waals surface area (Å²) < 4.78 is 0. The van der Waals surface area contributed by atoms with Crippen LogP contribution in [0, 0.1) is 11.3 Å². The first-order chi connectivity index (χ1) is 11.1. The van der Waals surface area contributed by atoms with E-state index >= 15 is 0 Å². The highest BCUT2D eigenvalue weighted by atomic mass is 16.2. The first-order valence-corrected chi connectivity index (χ1v) is 7.86. The third kappa shape index (κ3) is 3.81. The zero-order chi connectivity index (χ0) is 16.8. The number of hydrogen-bond donors (Lipinski definition) is 1. The predicted molar refractivity (Wildman–Crippen MR) is 89.0 cm³/mol. The molecule has 1 aromatic rings. The molecule has 2 rings (SSSR count). The average molecular weight is 314 g/mol. The van der Waals surface area contributed by atoms with Crippen molar-refractivity contribution in [3.8, 4) is 6.07 Å². The molecule has 0 aromatic heterocycles. The van der Waals surface area contributed by atoms with Crippen LogP contribution in [0.15, 0.2) is 24.3 Å². The molecule has 1 aromatic carbocycles. The molecule has 0 spiro atoms. The SMILES string of the molecule is CCCC1Nc2ccccc2N(CC(=O)N(C)CCC#N)C1=O. The molecule has 0 bridgehead atoms. The molecule has 1 unspecified atom stereocenters. The normalized spacial score (nSPS) is 16.3. The Hall–Kier alpha value is -2.55. The topological polar surface area (TPSA) is 76.4 Å². The van der Waals surface area contributed by atoms with Crippen LogP contribution in [0.1, 0.15) is 26.2 Å². The van der Waals surface area contributed by atoms with E-state index in [-0.39, 0.29) is 30.8 Å². The van der Waals surface area contributed by atoms with Crippen LogP contribution in [0.3, 0.4) is 0 Å². The van der Waals surface area contributed by atoms with Gasteiger partial charge >= 0.3 is 0 Å². The van der Waals surface area contributed by atoms with Crippen molar-refractivity contribution in [1.82, 2.24) is 4.90 Å². The molecule has 1 heterocycles. The summed E-state index contributed by atoms with van der Waals surface area (Å²) in [5.74, 6) is -0.242. The van der Waals surface area contributed by atoms with Gasteiger partial charge in [-0.15, -0.1) is 0 Å². The highest BCUT2D eigenvalue weighted by molar-refractivity contribution is 6.07. The van der Waals surface area contributed by atoms with Crippen LogP contribution < -0.4 is 10.2 Å². The molecule has 0 saturated carbocycles. The van der Waals surface area contributed by atoms with Crippen molar-refractivity contribution in [2.24, 2.45) is 0 Å². The van der Waals surface area contributed by atoms with Crippen LogP contribution >= 0.6 is 0 Å². The van der Waals surface area contributed by atoms with E-state index in [2.05, 4.69) is 5.32 Å². The summed E-state index contributed by atoms with van der Waals surface area (Å²) >= 11 is 0. The van der Waals surface area contributed by atoms with Crippen molar-refractivity contribution >= 4 is 23.2 Å². The number of fused-ring (bicyclic) bond motifs is 1. The number of para-hydroxylation sites is 2. The minimum absolute atomic E-state index is 0.000328. The van der Waals surface area contributed by atoms with E-state index in [1.807, 2.05) is 37.3 Å². The van der Waals surface area contributed by atoms with E-state index in [0.717, 1.165) is 24.2 Å². The van der Waals surface area contributed by atoms with Crippen molar-refractivity contribution in [2.45, 2.75) is 32.2 Å². The van der Waals surface area contributed by atoms with Crippen molar-refractivity contribution in [3.05, 3.63) is 24.3 Å². The molecule has 6 heteroatoms. The Morgan fingerprint density at radius 2 is 2.17 bits per heavy atom. The van der Waals surface area contributed by atoms with E-state index in [1.54, 1.807) is 11.9 Å². The number of likely N-dealkylation sites (N-methyl/N-ethyl adjacent to an activating group) is 1. The zero-order valence-corrected chi connectivity index (χ0v) is 13.6. The molecule has 1 N–H and O–H groups in total. The molecule has 6 nitrogen and oxygen atoms in total. The Morgan fingerprint density at radius 3 is 2.87 bits per heavy atom. The van der Waals surface area contributed by atoms with Crippen LogP contribution in [0.2, 0.25) is 0 Å². The van der Waals surface area contributed by atoms with Gasteiger partial charge in [-0.2, -0.15) is 5.26 Å². The van der Waals surface area contributed by atoms with E-state index < -0.39 is 0 Å². The van der Waals surface area contributed by atoms with E-state index in [4.69, 9.17) is 5.26 Å². The molecule has 0 radical (unpaired) electrons. The maximum absolute atomic E-state index is 12.7. The van der Waals surface area contributed by atoms with Crippen molar-refractivity contribution in [3.63, 3.8) is 0 Å². The van der Waals surface area contributed by atoms with E-state index in [9.17, 15) is 9.59 Å². The second-order valence-corrected chi connectivity index (χ2v) is 5.65.